The molecule has 0 atom stereocenters. The average molecular weight is 297 g/mol. The molecule has 0 bridgehead atoms. The van der Waals surface area contributed by atoms with Crippen molar-refractivity contribution in [3.05, 3.63) is 34.9 Å². The molecule has 0 aromatic heterocycles. The normalized spacial score (nSPS) is 16.1. The van der Waals surface area contributed by atoms with Crippen molar-refractivity contribution >= 4 is 17.5 Å². The van der Waals surface area contributed by atoms with Gasteiger partial charge in [-0.25, -0.2) is 0 Å². The molecule has 1 saturated heterocycles. The third kappa shape index (κ3) is 4.47. The van der Waals surface area contributed by atoms with E-state index < -0.39 is 0 Å². The predicted octanol–water partition coefficient (Wildman–Crippen LogP) is 2.07. The Morgan fingerprint density at radius 1 is 1.40 bits per heavy atom. The number of nitrogens with zero attached hydrogens (tertiary/aromatic N) is 1. The van der Waals surface area contributed by atoms with E-state index in [-0.39, 0.29) is 18.6 Å². The van der Waals surface area contributed by atoms with Gasteiger partial charge in [-0.1, -0.05) is 29.8 Å². The smallest absolute Gasteiger partial charge is 0.248 e. The molecule has 1 N–H and O–H groups in total. The zero-order valence-corrected chi connectivity index (χ0v) is 12.5. The Bertz CT molecular complexity index is 447. The van der Waals surface area contributed by atoms with Gasteiger partial charge in [0.15, 0.2) is 0 Å². The van der Waals surface area contributed by atoms with Crippen molar-refractivity contribution in [3.8, 4) is 0 Å². The van der Waals surface area contributed by atoms with Crippen molar-refractivity contribution < 1.29 is 9.53 Å². The van der Waals surface area contributed by atoms with Crippen LogP contribution in [0.5, 0.6) is 0 Å². The summed E-state index contributed by atoms with van der Waals surface area (Å²) in [6, 6.07) is 7.57. The largest absolute Gasteiger partial charge is 0.368 e. The van der Waals surface area contributed by atoms with E-state index in [0.29, 0.717) is 11.6 Å². The van der Waals surface area contributed by atoms with E-state index in [2.05, 4.69) is 5.32 Å². The second-order valence-electron chi connectivity index (χ2n) is 5.10. The van der Waals surface area contributed by atoms with Crippen LogP contribution >= 0.6 is 11.6 Å². The van der Waals surface area contributed by atoms with Gasteiger partial charge >= 0.3 is 0 Å². The maximum absolute atomic E-state index is 12.0. The Labute approximate surface area is 125 Å². The van der Waals surface area contributed by atoms with Crippen LogP contribution in [0, 0.1) is 0 Å². The molecule has 4 nitrogen and oxygen atoms in total. The molecule has 5 heteroatoms. The molecule has 2 rings (SSSR count). The summed E-state index contributed by atoms with van der Waals surface area (Å²) in [5.74, 6) is -0.0107. The van der Waals surface area contributed by atoms with Crippen molar-refractivity contribution in [1.29, 1.82) is 0 Å². The summed E-state index contributed by atoms with van der Waals surface area (Å²) in [5.41, 5.74) is 0.951. The first-order valence-corrected chi connectivity index (χ1v) is 7.34. The van der Waals surface area contributed by atoms with Crippen molar-refractivity contribution in [2.45, 2.75) is 25.5 Å². The van der Waals surface area contributed by atoms with Crippen LogP contribution in [0.4, 0.5) is 0 Å². The van der Waals surface area contributed by atoms with Crippen LogP contribution in [-0.4, -0.2) is 43.7 Å². The highest BCUT2D eigenvalue weighted by Gasteiger charge is 2.17. The molecule has 0 unspecified atom stereocenters. The first-order chi connectivity index (χ1) is 9.66. The first kappa shape index (κ1) is 15.3. The molecule has 1 amide bonds. The monoisotopic (exact) mass is 296 g/mol. The van der Waals surface area contributed by atoms with Crippen LogP contribution in [0.3, 0.4) is 0 Å². The number of nitrogens with one attached hydrogen (secondary N) is 1. The number of benzene rings is 1. The van der Waals surface area contributed by atoms with Gasteiger partial charge in [0.1, 0.15) is 6.61 Å². The molecule has 20 heavy (non-hydrogen) atoms. The number of carbonyl (C=O) groups excluding carboxylic acids is 1. The van der Waals surface area contributed by atoms with Crippen molar-refractivity contribution in [3.63, 3.8) is 0 Å². The van der Waals surface area contributed by atoms with Gasteiger partial charge in [-0.15, -0.1) is 0 Å². The van der Waals surface area contributed by atoms with Crippen LogP contribution in [0.15, 0.2) is 24.3 Å². The van der Waals surface area contributed by atoms with Gasteiger partial charge in [0.05, 0.1) is 6.10 Å². The maximum atomic E-state index is 12.0. The number of halogens is 1. The third-order valence-corrected chi connectivity index (χ3v) is 3.89. The Hall–Kier alpha value is -1.10. The van der Waals surface area contributed by atoms with Gasteiger partial charge in [-0.05, 0) is 37.6 Å². The molecule has 1 aliphatic rings. The minimum absolute atomic E-state index is 0.0107. The molecule has 0 radical (unpaired) electrons. The molecule has 110 valence electrons. The fourth-order valence-electron chi connectivity index (χ4n) is 2.23. The summed E-state index contributed by atoms with van der Waals surface area (Å²) in [5, 5.41) is 3.96. The molecule has 1 fully saturated rings. The number of likely N-dealkylation sites (N-methyl/N-ethyl adjacent to an activating group) is 1. The quantitative estimate of drug-likeness (QED) is 0.904. The van der Waals surface area contributed by atoms with E-state index in [1.807, 2.05) is 24.3 Å². The summed E-state index contributed by atoms with van der Waals surface area (Å²) in [7, 11) is 1.78. The number of piperidine rings is 1. The lowest BCUT2D eigenvalue weighted by atomic mass is 10.1. The van der Waals surface area contributed by atoms with Crippen molar-refractivity contribution in [1.82, 2.24) is 10.2 Å². The standard InChI is InChI=1S/C15H21ClN2O2/c1-18(10-12-4-2-3-5-14(12)16)15(19)11-20-13-6-8-17-9-7-13/h2-5,13,17H,6-11H2,1H3. The Morgan fingerprint density at radius 2 is 2.10 bits per heavy atom. The number of hydrogen-bond acceptors (Lipinski definition) is 3. The number of hydrogen-bond donors (Lipinski definition) is 1. The topological polar surface area (TPSA) is 41.6 Å². The maximum Gasteiger partial charge on any atom is 0.248 e. The lowest BCUT2D eigenvalue weighted by Crippen LogP contribution is -2.36. The second-order valence-corrected chi connectivity index (χ2v) is 5.51. The Balaban J connectivity index is 1.78. The van der Waals surface area contributed by atoms with Gasteiger partial charge in [-0.2, -0.15) is 0 Å². The molecule has 0 saturated carbocycles. The van der Waals surface area contributed by atoms with E-state index in [9.17, 15) is 4.79 Å². The van der Waals surface area contributed by atoms with Crippen molar-refractivity contribution in [2.24, 2.45) is 0 Å². The Morgan fingerprint density at radius 3 is 2.80 bits per heavy atom. The van der Waals surface area contributed by atoms with Crippen LogP contribution in [0.25, 0.3) is 0 Å². The summed E-state index contributed by atoms with van der Waals surface area (Å²) in [6.45, 7) is 2.59. The average Bonchev–Trinajstić information content (AvgIpc) is 2.48. The lowest BCUT2D eigenvalue weighted by molar-refractivity contribution is -0.137. The van der Waals surface area contributed by atoms with E-state index in [4.69, 9.17) is 16.3 Å². The summed E-state index contributed by atoms with van der Waals surface area (Å²) >= 11 is 6.10. The van der Waals surface area contributed by atoms with E-state index >= 15 is 0 Å². The van der Waals surface area contributed by atoms with Crippen LogP contribution in [0.2, 0.25) is 5.02 Å². The fourth-order valence-corrected chi connectivity index (χ4v) is 2.43. The molecule has 1 aliphatic heterocycles. The number of rotatable bonds is 5. The van der Waals surface area contributed by atoms with Gasteiger partial charge < -0.3 is 15.0 Å². The van der Waals surface area contributed by atoms with E-state index in [1.165, 1.54) is 0 Å². The molecular formula is C15H21ClN2O2. The molecule has 1 aromatic carbocycles. The summed E-state index contributed by atoms with van der Waals surface area (Å²) in [4.78, 5) is 13.7. The molecular weight excluding hydrogens is 276 g/mol. The zero-order valence-electron chi connectivity index (χ0n) is 11.8. The van der Waals surface area contributed by atoms with Crippen LogP contribution in [-0.2, 0) is 16.1 Å². The zero-order chi connectivity index (χ0) is 14.4. The van der Waals surface area contributed by atoms with Crippen molar-refractivity contribution in [2.75, 3.05) is 26.7 Å². The summed E-state index contributed by atoms with van der Waals surface area (Å²) in [6.07, 6.45) is 2.15. The highest BCUT2D eigenvalue weighted by Crippen LogP contribution is 2.16. The number of carbonyl (C=O) groups is 1. The summed E-state index contributed by atoms with van der Waals surface area (Å²) < 4.78 is 5.67. The molecule has 0 aliphatic carbocycles. The van der Waals surface area contributed by atoms with Gasteiger partial charge in [0, 0.05) is 18.6 Å². The van der Waals surface area contributed by atoms with Crippen LogP contribution < -0.4 is 5.32 Å². The molecule has 0 spiro atoms. The van der Waals surface area contributed by atoms with Gasteiger partial charge in [-0.3, -0.25) is 4.79 Å². The first-order valence-electron chi connectivity index (χ1n) is 6.96. The highest BCUT2D eigenvalue weighted by atomic mass is 35.5. The highest BCUT2D eigenvalue weighted by molar-refractivity contribution is 6.31. The molecule has 1 heterocycles. The minimum atomic E-state index is -0.0107. The fraction of sp³-hybridized carbons (Fsp3) is 0.533. The SMILES string of the molecule is CN(Cc1ccccc1Cl)C(=O)COC1CCNCC1. The minimum Gasteiger partial charge on any atom is -0.368 e. The number of amides is 1. The second kappa shape index (κ2) is 7.62. The van der Waals surface area contributed by atoms with E-state index in [1.54, 1.807) is 11.9 Å². The van der Waals surface area contributed by atoms with Gasteiger partial charge in [0.25, 0.3) is 0 Å². The van der Waals surface area contributed by atoms with Gasteiger partial charge in [0.2, 0.25) is 5.91 Å². The lowest BCUT2D eigenvalue weighted by Gasteiger charge is -2.24. The van der Waals surface area contributed by atoms with E-state index in [0.717, 1.165) is 31.5 Å². The Kier molecular flexibility index (Phi) is 5.83. The molecule has 1 aromatic rings. The predicted molar refractivity (Wildman–Crippen MR) is 79.8 cm³/mol. The third-order valence-electron chi connectivity index (χ3n) is 3.52. The number of ether oxygens (including phenoxy) is 1. The van der Waals surface area contributed by atoms with Crippen LogP contribution in [0.1, 0.15) is 18.4 Å².